The molecule has 4 N–H and O–H groups in total. The number of fused-ring (bicyclic) bond motifs is 1. The number of hydrogen-bond acceptors (Lipinski definition) is 3. The second-order valence-electron chi connectivity index (χ2n) is 5.54. The molecule has 0 aliphatic heterocycles. The number of carbonyl (C=O) groups excluding carboxylic acids is 1. The summed E-state index contributed by atoms with van der Waals surface area (Å²) in [6.45, 7) is 4.29. The van der Waals surface area contributed by atoms with Crippen molar-refractivity contribution in [2.45, 2.75) is 32.4 Å². The van der Waals surface area contributed by atoms with Crippen LogP contribution in [0.25, 0.3) is 0 Å². The molecular weight excluding hydrogens is 240 g/mol. The van der Waals surface area contributed by atoms with Gasteiger partial charge in [0.1, 0.15) is 0 Å². The predicted octanol–water partition coefficient (Wildman–Crippen LogP) is 0.992. The minimum Gasteiger partial charge on any atom is -0.390 e. The highest BCUT2D eigenvalue weighted by molar-refractivity contribution is 5.80. The fourth-order valence-corrected chi connectivity index (χ4v) is 2.69. The summed E-state index contributed by atoms with van der Waals surface area (Å²) in [5, 5.41) is 13.1. The fraction of sp³-hybridized carbons (Fsp3) is 0.533. The van der Waals surface area contributed by atoms with Crippen LogP contribution in [0, 0.1) is 11.8 Å². The summed E-state index contributed by atoms with van der Waals surface area (Å²) in [5.41, 5.74) is 7.78. The Kier molecular flexibility index (Phi) is 4.22. The number of hydrogen-bond donors (Lipinski definition) is 3. The maximum Gasteiger partial charge on any atom is 0.225 e. The quantitative estimate of drug-likeness (QED) is 0.757. The molecule has 1 aliphatic carbocycles. The summed E-state index contributed by atoms with van der Waals surface area (Å²) in [5.74, 6) is -0.0861. The van der Waals surface area contributed by atoms with Crippen LogP contribution in [-0.2, 0) is 11.2 Å². The van der Waals surface area contributed by atoms with E-state index in [4.69, 9.17) is 5.73 Å². The van der Waals surface area contributed by atoms with Gasteiger partial charge >= 0.3 is 0 Å². The van der Waals surface area contributed by atoms with Crippen LogP contribution in [0.15, 0.2) is 24.3 Å². The van der Waals surface area contributed by atoms with Crippen LogP contribution in [0.2, 0.25) is 0 Å². The lowest BCUT2D eigenvalue weighted by Gasteiger charge is -2.23. The van der Waals surface area contributed by atoms with Crippen molar-refractivity contribution in [2.75, 3.05) is 6.54 Å². The van der Waals surface area contributed by atoms with Crippen LogP contribution in [0.1, 0.15) is 31.0 Å². The van der Waals surface area contributed by atoms with Gasteiger partial charge in [-0.1, -0.05) is 38.1 Å². The van der Waals surface area contributed by atoms with Crippen LogP contribution < -0.4 is 11.1 Å². The van der Waals surface area contributed by atoms with Crippen LogP contribution >= 0.6 is 0 Å². The number of aliphatic hydroxyl groups is 1. The second kappa shape index (κ2) is 5.72. The van der Waals surface area contributed by atoms with E-state index in [9.17, 15) is 9.90 Å². The lowest BCUT2D eigenvalue weighted by molar-refractivity contribution is -0.127. The van der Waals surface area contributed by atoms with E-state index in [1.807, 2.05) is 38.1 Å². The van der Waals surface area contributed by atoms with Crippen molar-refractivity contribution >= 4 is 5.91 Å². The van der Waals surface area contributed by atoms with Gasteiger partial charge in [0.05, 0.1) is 18.1 Å². The molecule has 0 radical (unpaired) electrons. The van der Waals surface area contributed by atoms with Gasteiger partial charge in [0.25, 0.3) is 0 Å². The first-order chi connectivity index (χ1) is 9.04. The first-order valence-electron chi connectivity index (χ1n) is 6.81. The lowest BCUT2D eigenvalue weighted by Crippen LogP contribution is -2.42. The Bertz CT molecular complexity index is 459. The molecule has 1 amide bonds. The molecule has 1 aromatic rings. The van der Waals surface area contributed by atoms with E-state index in [1.54, 1.807) is 0 Å². The summed E-state index contributed by atoms with van der Waals surface area (Å²) in [4.78, 5) is 12.2. The molecule has 4 nitrogen and oxygen atoms in total. The Balaban J connectivity index is 2.13. The molecule has 3 atom stereocenters. The van der Waals surface area contributed by atoms with Crippen molar-refractivity contribution in [1.29, 1.82) is 0 Å². The Morgan fingerprint density at radius 3 is 2.79 bits per heavy atom. The van der Waals surface area contributed by atoms with E-state index < -0.39 is 6.10 Å². The third-order valence-corrected chi connectivity index (χ3v) is 3.90. The van der Waals surface area contributed by atoms with Crippen molar-refractivity contribution in [1.82, 2.24) is 5.32 Å². The minimum absolute atomic E-state index is 0.0711. The Labute approximate surface area is 114 Å². The molecule has 0 aromatic heterocycles. The number of nitrogens with one attached hydrogen (secondary N) is 1. The highest BCUT2D eigenvalue weighted by Gasteiger charge is 2.33. The van der Waals surface area contributed by atoms with E-state index in [2.05, 4.69) is 5.32 Å². The molecule has 0 saturated heterocycles. The minimum atomic E-state index is -0.549. The Morgan fingerprint density at radius 1 is 1.47 bits per heavy atom. The average molecular weight is 262 g/mol. The maximum absolute atomic E-state index is 12.2. The van der Waals surface area contributed by atoms with Crippen LogP contribution in [0.5, 0.6) is 0 Å². The van der Waals surface area contributed by atoms with Crippen LogP contribution in [0.4, 0.5) is 0 Å². The predicted molar refractivity (Wildman–Crippen MR) is 74.4 cm³/mol. The molecule has 0 fully saturated rings. The van der Waals surface area contributed by atoms with Crippen molar-refractivity contribution in [3.05, 3.63) is 35.4 Å². The molecule has 1 aliphatic rings. The zero-order valence-electron chi connectivity index (χ0n) is 11.5. The molecule has 1 unspecified atom stereocenters. The molecule has 0 heterocycles. The average Bonchev–Trinajstić information content (AvgIpc) is 2.66. The lowest BCUT2D eigenvalue weighted by atomic mass is 9.94. The van der Waals surface area contributed by atoms with Crippen LogP contribution in [-0.4, -0.2) is 23.7 Å². The summed E-state index contributed by atoms with van der Waals surface area (Å²) in [7, 11) is 0. The fourth-order valence-electron chi connectivity index (χ4n) is 2.69. The number of aliphatic hydroxyl groups excluding tert-OH is 1. The number of rotatable bonds is 4. The SMILES string of the molecule is CC(C)C(CN)C(=O)N[C@@H]1c2ccccc2C[C@@H]1O. The first-order valence-corrected chi connectivity index (χ1v) is 6.81. The van der Waals surface area contributed by atoms with E-state index in [0.29, 0.717) is 13.0 Å². The third kappa shape index (κ3) is 2.80. The van der Waals surface area contributed by atoms with Crippen molar-refractivity contribution < 1.29 is 9.90 Å². The zero-order chi connectivity index (χ0) is 14.0. The number of amides is 1. The highest BCUT2D eigenvalue weighted by Crippen LogP contribution is 2.31. The van der Waals surface area contributed by atoms with Gasteiger partial charge in [-0.15, -0.1) is 0 Å². The molecule has 0 saturated carbocycles. The van der Waals surface area contributed by atoms with Gasteiger partial charge in [-0.05, 0) is 17.0 Å². The van der Waals surface area contributed by atoms with Crippen molar-refractivity contribution in [3.8, 4) is 0 Å². The number of nitrogens with two attached hydrogens (primary N) is 1. The standard InChI is InChI=1S/C15H22N2O2/c1-9(2)12(8-16)15(19)17-14-11-6-4-3-5-10(11)7-13(14)18/h3-6,9,12-14,18H,7-8,16H2,1-2H3,(H,17,19)/t12?,13-,14+/m0/s1. The number of benzene rings is 1. The molecule has 2 rings (SSSR count). The topological polar surface area (TPSA) is 75.4 Å². The monoisotopic (exact) mass is 262 g/mol. The van der Waals surface area contributed by atoms with Crippen molar-refractivity contribution in [3.63, 3.8) is 0 Å². The van der Waals surface area contributed by atoms with E-state index >= 15 is 0 Å². The molecule has 4 heteroatoms. The van der Waals surface area contributed by atoms with Gasteiger partial charge in [-0.3, -0.25) is 4.79 Å². The molecule has 1 aromatic carbocycles. The summed E-state index contributed by atoms with van der Waals surface area (Å²) < 4.78 is 0. The summed E-state index contributed by atoms with van der Waals surface area (Å²) >= 11 is 0. The van der Waals surface area contributed by atoms with Gasteiger partial charge in [-0.2, -0.15) is 0 Å². The molecule has 0 bridgehead atoms. The van der Waals surface area contributed by atoms with Gasteiger partial charge in [-0.25, -0.2) is 0 Å². The van der Waals surface area contributed by atoms with Gasteiger partial charge < -0.3 is 16.2 Å². The third-order valence-electron chi connectivity index (χ3n) is 3.90. The van der Waals surface area contributed by atoms with E-state index in [1.165, 1.54) is 0 Å². The molecule has 104 valence electrons. The summed E-state index contributed by atoms with van der Waals surface area (Å²) in [6.07, 6.45) is 0.0442. The maximum atomic E-state index is 12.2. The zero-order valence-corrected chi connectivity index (χ0v) is 11.5. The summed E-state index contributed by atoms with van der Waals surface area (Å²) in [6, 6.07) is 7.53. The molecular formula is C15H22N2O2. The van der Waals surface area contributed by atoms with E-state index in [-0.39, 0.29) is 23.8 Å². The van der Waals surface area contributed by atoms with Gasteiger partial charge in [0.15, 0.2) is 0 Å². The van der Waals surface area contributed by atoms with Gasteiger partial charge in [0.2, 0.25) is 5.91 Å². The largest absolute Gasteiger partial charge is 0.390 e. The van der Waals surface area contributed by atoms with Crippen molar-refractivity contribution in [2.24, 2.45) is 17.6 Å². The Hall–Kier alpha value is -1.39. The highest BCUT2D eigenvalue weighted by atomic mass is 16.3. The molecule has 0 spiro atoms. The van der Waals surface area contributed by atoms with E-state index in [0.717, 1.165) is 11.1 Å². The number of carbonyl (C=O) groups is 1. The Morgan fingerprint density at radius 2 is 2.16 bits per heavy atom. The smallest absolute Gasteiger partial charge is 0.225 e. The van der Waals surface area contributed by atoms with Gasteiger partial charge in [0, 0.05) is 13.0 Å². The normalized spacial score (nSPS) is 23.2. The van der Waals surface area contributed by atoms with Crippen LogP contribution in [0.3, 0.4) is 0 Å². The second-order valence-corrected chi connectivity index (χ2v) is 5.54. The first kappa shape index (κ1) is 14.0. The molecule has 19 heavy (non-hydrogen) atoms.